The molecule has 0 aromatic heterocycles. The smallest absolute Gasteiger partial charge is 0.125 e. The third-order valence-electron chi connectivity index (χ3n) is 2.73. The summed E-state index contributed by atoms with van der Waals surface area (Å²) in [5.41, 5.74) is 1.18. The number of halogens is 2. The first-order chi connectivity index (χ1) is 9.06. The molecule has 0 bridgehead atoms. The lowest BCUT2D eigenvalue weighted by Crippen LogP contribution is -2.01. The first-order valence-electron chi connectivity index (χ1n) is 5.91. The van der Waals surface area contributed by atoms with E-state index in [1.807, 2.05) is 0 Å². The Bertz CT molecular complexity index is 551. The highest BCUT2D eigenvalue weighted by molar-refractivity contribution is 5.35. The van der Waals surface area contributed by atoms with E-state index in [9.17, 15) is 13.9 Å². The standard InChI is InChI=1S/C15H14F2O2/c1-10(18)14-8-13(17)6-7-15(14)19-9-11-2-4-12(16)5-3-11/h2-8,10,18H,9H2,1H3/t10-/m0/s1. The molecule has 19 heavy (non-hydrogen) atoms. The van der Waals surface area contributed by atoms with Crippen LogP contribution in [0.2, 0.25) is 0 Å². The van der Waals surface area contributed by atoms with Crippen LogP contribution in [-0.2, 0) is 6.61 Å². The number of hydrogen-bond acceptors (Lipinski definition) is 2. The van der Waals surface area contributed by atoms with Crippen molar-refractivity contribution < 1.29 is 18.6 Å². The summed E-state index contributed by atoms with van der Waals surface area (Å²) in [5.74, 6) is -0.319. The molecule has 0 unspecified atom stereocenters. The molecular formula is C15H14F2O2. The Morgan fingerprint density at radius 3 is 2.32 bits per heavy atom. The van der Waals surface area contributed by atoms with E-state index in [1.165, 1.54) is 30.3 Å². The molecule has 2 aromatic rings. The van der Waals surface area contributed by atoms with E-state index < -0.39 is 11.9 Å². The second kappa shape index (κ2) is 5.80. The van der Waals surface area contributed by atoms with Gasteiger partial charge in [0.05, 0.1) is 6.10 Å². The zero-order chi connectivity index (χ0) is 13.8. The second-order valence-corrected chi connectivity index (χ2v) is 4.27. The van der Waals surface area contributed by atoms with Gasteiger partial charge in [0.25, 0.3) is 0 Å². The van der Waals surface area contributed by atoms with Crippen LogP contribution in [0.4, 0.5) is 8.78 Å². The molecule has 2 nitrogen and oxygen atoms in total. The average Bonchev–Trinajstić information content (AvgIpc) is 2.39. The first-order valence-corrected chi connectivity index (χ1v) is 5.91. The zero-order valence-electron chi connectivity index (χ0n) is 10.4. The zero-order valence-corrected chi connectivity index (χ0v) is 10.4. The van der Waals surface area contributed by atoms with Crippen molar-refractivity contribution in [1.82, 2.24) is 0 Å². The fourth-order valence-corrected chi connectivity index (χ4v) is 1.72. The highest BCUT2D eigenvalue weighted by Crippen LogP contribution is 2.26. The monoisotopic (exact) mass is 264 g/mol. The van der Waals surface area contributed by atoms with E-state index in [-0.39, 0.29) is 12.4 Å². The van der Waals surface area contributed by atoms with Crippen molar-refractivity contribution in [3.05, 3.63) is 65.2 Å². The minimum absolute atomic E-state index is 0.228. The molecule has 2 aromatic carbocycles. The summed E-state index contributed by atoms with van der Waals surface area (Å²) < 4.78 is 31.4. The number of benzene rings is 2. The molecule has 0 aliphatic heterocycles. The lowest BCUT2D eigenvalue weighted by atomic mass is 10.1. The van der Waals surface area contributed by atoms with Crippen LogP contribution in [0, 0.1) is 11.6 Å². The van der Waals surface area contributed by atoms with Gasteiger partial charge < -0.3 is 9.84 Å². The summed E-state index contributed by atoms with van der Waals surface area (Å²) >= 11 is 0. The normalized spacial score (nSPS) is 12.2. The molecule has 0 radical (unpaired) electrons. The van der Waals surface area contributed by atoms with Crippen molar-refractivity contribution in [2.45, 2.75) is 19.6 Å². The molecule has 1 N–H and O–H groups in total. The quantitative estimate of drug-likeness (QED) is 0.914. The van der Waals surface area contributed by atoms with Crippen LogP contribution in [0.1, 0.15) is 24.2 Å². The third kappa shape index (κ3) is 3.51. The first kappa shape index (κ1) is 13.5. The van der Waals surface area contributed by atoms with Crippen molar-refractivity contribution in [3.63, 3.8) is 0 Å². The molecule has 100 valence electrons. The summed E-state index contributed by atoms with van der Waals surface area (Å²) in [6, 6.07) is 9.90. The lowest BCUT2D eigenvalue weighted by Gasteiger charge is -2.13. The Kier molecular flexibility index (Phi) is 4.12. The van der Waals surface area contributed by atoms with Crippen molar-refractivity contribution in [1.29, 1.82) is 0 Å². The van der Waals surface area contributed by atoms with E-state index in [4.69, 9.17) is 4.74 Å². The molecule has 0 saturated heterocycles. The molecule has 0 aliphatic carbocycles. The number of ether oxygens (including phenoxy) is 1. The van der Waals surface area contributed by atoms with Crippen molar-refractivity contribution in [3.8, 4) is 5.75 Å². The van der Waals surface area contributed by atoms with E-state index in [1.54, 1.807) is 19.1 Å². The Balaban J connectivity index is 2.13. The Labute approximate surface area is 110 Å². The van der Waals surface area contributed by atoms with Gasteiger partial charge in [-0.25, -0.2) is 8.78 Å². The van der Waals surface area contributed by atoms with Gasteiger partial charge >= 0.3 is 0 Å². The highest BCUT2D eigenvalue weighted by atomic mass is 19.1. The molecule has 0 amide bonds. The molecule has 0 heterocycles. The van der Waals surface area contributed by atoms with Crippen LogP contribution < -0.4 is 4.74 Å². The molecular weight excluding hydrogens is 250 g/mol. The van der Waals surface area contributed by atoms with Crippen LogP contribution in [-0.4, -0.2) is 5.11 Å². The van der Waals surface area contributed by atoms with Gasteiger partial charge in [0.1, 0.15) is 24.0 Å². The molecule has 2 rings (SSSR count). The van der Waals surface area contributed by atoms with Gasteiger partial charge in [0.2, 0.25) is 0 Å². The number of aliphatic hydroxyl groups is 1. The van der Waals surface area contributed by atoms with E-state index in [0.717, 1.165) is 5.56 Å². The average molecular weight is 264 g/mol. The minimum Gasteiger partial charge on any atom is -0.489 e. The molecule has 4 heteroatoms. The van der Waals surface area contributed by atoms with Crippen LogP contribution in [0.5, 0.6) is 5.75 Å². The Morgan fingerprint density at radius 2 is 1.68 bits per heavy atom. The van der Waals surface area contributed by atoms with Gasteiger partial charge in [-0.3, -0.25) is 0 Å². The van der Waals surface area contributed by atoms with Crippen LogP contribution in [0.3, 0.4) is 0 Å². The van der Waals surface area contributed by atoms with Crippen molar-refractivity contribution in [2.75, 3.05) is 0 Å². The fourth-order valence-electron chi connectivity index (χ4n) is 1.72. The maximum Gasteiger partial charge on any atom is 0.125 e. The number of aliphatic hydroxyl groups excluding tert-OH is 1. The van der Waals surface area contributed by atoms with Crippen LogP contribution >= 0.6 is 0 Å². The topological polar surface area (TPSA) is 29.5 Å². The summed E-state index contributed by atoms with van der Waals surface area (Å²) in [7, 11) is 0. The van der Waals surface area contributed by atoms with E-state index in [0.29, 0.717) is 11.3 Å². The number of rotatable bonds is 4. The van der Waals surface area contributed by atoms with Gasteiger partial charge in [0, 0.05) is 5.56 Å². The molecule has 0 fully saturated rings. The van der Waals surface area contributed by atoms with Gasteiger partial charge in [-0.1, -0.05) is 12.1 Å². The fraction of sp³-hybridized carbons (Fsp3) is 0.200. The molecule has 0 saturated carbocycles. The summed E-state index contributed by atoms with van der Waals surface area (Å²) in [6.45, 7) is 1.77. The van der Waals surface area contributed by atoms with Gasteiger partial charge in [0.15, 0.2) is 0 Å². The summed E-state index contributed by atoms with van der Waals surface area (Å²) in [5, 5.41) is 9.57. The largest absolute Gasteiger partial charge is 0.489 e. The van der Waals surface area contributed by atoms with Crippen molar-refractivity contribution in [2.24, 2.45) is 0 Å². The maximum absolute atomic E-state index is 13.1. The van der Waals surface area contributed by atoms with E-state index in [2.05, 4.69) is 0 Å². The predicted molar refractivity (Wildman–Crippen MR) is 67.8 cm³/mol. The molecule has 1 atom stereocenters. The minimum atomic E-state index is -0.820. The second-order valence-electron chi connectivity index (χ2n) is 4.27. The maximum atomic E-state index is 13.1. The summed E-state index contributed by atoms with van der Waals surface area (Å²) in [6.07, 6.45) is -0.820. The van der Waals surface area contributed by atoms with Crippen LogP contribution in [0.15, 0.2) is 42.5 Å². The molecule has 0 aliphatic rings. The summed E-state index contributed by atoms with van der Waals surface area (Å²) in [4.78, 5) is 0. The molecule has 0 spiro atoms. The van der Waals surface area contributed by atoms with E-state index >= 15 is 0 Å². The van der Waals surface area contributed by atoms with Gasteiger partial charge in [-0.2, -0.15) is 0 Å². The Hall–Kier alpha value is -1.94. The SMILES string of the molecule is C[C@H](O)c1cc(F)ccc1OCc1ccc(F)cc1. The highest BCUT2D eigenvalue weighted by Gasteiger charge is 2.10. The Morgan fingerprint density at radius 1 is 1.05 bits per heavy atom. The number of hydrogen-bond donors (Lipinski definition) is 1. The van der Waals surface area contributed by atoms with Crippen LogP contribution in [0.25, 0.3) is 0 Å². The predicted octanol–water partition coefficient (Wildman–Crippen LogP) is 3.60. The third-order valence-corrected chi connectivity index (χ3v) is 2.73. The van der Waals surface area contributed by atoms with Gasteiger partial charge in [-0.05, 0) is 42.8 Å². The van der Waals surface area contributed by atoms with Gasteiger partial charge in [-0.15, -0.1) is 0 Å². The lowest BCUT2D eigenvalue weighted by molar-refractivity contribution is 0.189. The van der Waals surface area contributed by atoms with Crippen molar-refractivity contribution >= 4 is 0 Å².